The van der Waals surface area contributed by atoms with Gasteiger partial charge in [-0.1, -0.05) is 30.3 Å². The van der Waals surface area contributed by atoms with E-state index in [0.29, 0.717) is 0 Å². The van der Waals surface area contributed by atoms with Gasteiger partial charge in [-0.3, -0.25) is 0 Å². The Morgan fingerprint density at radius 2 is 1.60 bits per heavy atom. The number of benzene rings is 2. The van der Waals surface area contributed by atoms with E-state index < -0.39 is 0 Å². The quantitative estimate of drug-likeness (QED) is 0.547. The standard InChI is InChI=1S/C18H17OS/c1-3-4-9-14(2)20-17-12-7-5-10-15(17)19-16-11-6-8-13-18(16)20/h3,5-13H,1,4H2,2H3/q+1/b14-9-. The van der Waals surface area contributed by atoms with Crippen LogP contribution in [0.25, 0.3) is 0 Å². The number of fused-ring (bicyclic) bond motifs is 2. The van der Waals surface area contributed by atoms with Crippen molar-refractivity contribution in [2.24, 2.45) is 0 Å². The maximum atomic E-state index is 6.02. The van der Waals surface area contributed by atoms with Crippen molar-refractivity contribution in [3.63, 3.8) is 0 Å². The lowest BCUT2D eigenvalue weighted by molar-refractivity contribution is 0.453. The van der Waals surface area contributed by atoms with Gasteiger partial charge in [-0.15, -0.1) is 6.58 Å². The second-order valence-electron chi connectivity index (χ2n) is 4.64. The minimum atomic E-state index is -0.0524. The van der Waals surface area contributed by atoms with Crippen molar-refractivity contribution >= 4 is 10.9 Å². The molecule has 1 aliphatic heterocycles. The van der Waals surface area contributed by atoms with Crippen molar-refractivity contribution in [2.45, 2.75) is 23.1 Å². The van der Waals surface area contributed by atoms with Crippen LogP contribution in [-0.2, 0) is 10.9 Å². The molecule has 20 heavy (non-hydrogen) atoms. The third-order valence-electron chi connectivity index (χ3n) is 3.25. The Morgan fingerprint density at radius 1 is 1.05 bits per heavy atom. The van der Waals surface area contributed by atoms with Gasteiger partial charge in [0.2, 0.25) is 9.79 Å². The molecule has 3 rings (SSSR count). The average Bonchev–Trinajstić information content (AvgIpc) is 2.50. The number of para-hydroxylation sites is 2. The Morgan fingerprint density at radius 3 is 2.15 bits per heavy atom. The maximum Gasteiger partial charge on any atom is 0.208 e. The summed E-state index contributed by atoms with van der Waals surface area (Å²) in [6, 6.07) is 16.6. The summed E-state index contributed by atoms with van der Waals surface area (Å²) in [4.78, 5) is 3.90. The Hall–Kier alpha value is -1.93. The lowest BCUT2D eigenvalue weighted by Crippen LogP contribution is -2.12. The van der Waals surface area contributed by atoms with Crippen LogP contribution in [0, 0.1) is 0 Å². The molecule has 0 radical (unpaired) electrons. The van der Waals surface area contributed by atoms with Gasteiger partial charge < -0.3 is 4.74 Å². The molecular weight excluding hydrogens is 264 g/mol. The molecule has 0 N–H and O–H groups in total. The fraction of sp³-hybridized carbons (Fsp3) is 0.111. The van der Waals surface area contributed by atoms with Gasteiger partial charge in [0.1, 0.15) is 15.8 Å². The molecule has 1 aliphatic rings. The van der Waals surface area contributed by atoms with E-state index in [4.69, 9.17) is 4.74 Å². The SMILES string of the molecule is C=CC/C=C(/C)[S+]1c2ccccc2Oc2ccccc21. The lowest BCUT2D eigenvalue weighted by Gasteiger charge is -2.19. The van der Waals surface area contributed by atoms with Gasteiger partial charge >= 0.3 is 0 Å². The van der Waals surface area contributed by atoms with Crippen LogP contribution in [0.15, 0.2) is 82.0 Å². The Kier molecular flexibility index (Phi) is 3.66. The summed E-state index contributed by atoms with van der Waals surface area (Å²) in [7, 11) is -0.0524. The summed E-state index contributed by atoms with van der Waals surface area (Å²) in [5, 5.41) is 0. The molecule has 2 aromatic carbocycles. The van der Waals surface area contributed by atoms with Crippen molar-refractivity contribution in [3.05, 3.63) is 72.2 Å². The number of allylic oxidation sites excluding steroid dienone is 3. The molecule has 0 unspecified atom stereocenters. The average molecular weight is 281 g/mol. The third kappa shape index (κ3) is 2.27. The fourth-order valence-corrected chi connectivity index (χ4v) is 4.57. The molecule has 0 aliphatic carbocycles. The smallest absolute Gasteiger partial charge is 0.208 e. The van der Waals surface area contributed by atoms with Crippen LogP contribution in [0.2, 0.25) is 0 Å². The van der Waals surface area contributed by atoms with Crippen molar-refractivity contribution in [3.8, 4) is 11.5 Å². The predicted octanol–water partition coefficient (Wildman–Crippen LogP) is 5.31. The van der Waals surface area contributed by atoms with Gasteiger partial charge in [0.15, 0.2) is 11.5 Å². The van der Waals surface area contributed by atoms with Crippen LogP contribution in [0.4, 0.5) is 0 Å². The van der Waals surface area contributed by atoms with Crippen molar-refractivity contribution in [2.75, 3.05) is 0 Å². The van der Waals surface area contributed by atoms with E-state index in [9.17, 15) is 0 Å². The topological polar surface area (TPSA) is 9.23 Å². The summed E-state index contributed by atoms with van der Waals surface area (Å²) in [6.07, 6.45) is 5.10. The molecule has 100 valence electrons. The first-order valence-corrected chi connectivity index (χ1v) is 7.91. The Balaban J connectivity index is 2.15. The van der Waals surface area contributed by atoms with E-state index in [2.05, 4.69) is 43.8 Å². The molecular formula is C18H17OS+. The molecule has 0 amide bonds. The fourth-order valence-electron chi connectivity index (χ4n) is 2.32. The van der Waals surface area contributed by atoms with E-state index in [0.717, 1.165) is 17.9 Å². The molecule has 2 heteroatoms. The van der Waals surface area contributed by atoms with E-state index in [1.165, 1.54) is 14.7 Å². The van der Waals surface area contributed by atoms with E-state index >= 15 is 0 Å². The van der Waals surface area contributed by atoms with Crippen LogP contribution in [0.1, 0.15) is 13.3 Å². The summed E-state index contributed by atoms with van der Waals surface area (Å²) in [5.74, 6) is 1.95. The first-order chi connectivity index (χ1) is 9.81. The van der Waals surface area contributed by atoms with Gasteiger partial charge in [0.05, 0.1) is 0 Å². The number of hydrogen-bond acceptors (Lipinski definition) is 1. The van der Waals surface area contributed by atoms with Crippen LogP contribution >= 0.6 is 0 Å². The summed E-state index contributed by atoms with van der Waals surface area (Å²) in [5.41, 5.74) is 0. The number of ether oxygens (including phenoxy) is 1. The highest BCUT2D eigenvalue weighted by Gasteiger charge is 2.38. The molecule has 1 heterocycles. The van der Waals surface area contributed by atoms with Crippen LogP contribution in [0.5, 0.6) is 11.5 Å². The zero-order chi connectivity index (χ0) is 13.9. The molecule has 0 aromatic heterocycles. The van der Waals surface area contributed by atoms with Crippen LogP contribution in [-0.4, -0.2) is 0 Å². The van der Waals surface area contributed by atoms with Crippen LogP contribution < -0.4 is 4.74 Å². The van der Waals surface area contributed by atoms with Gasteiger partial charge in [-0.25, -0.2) is 0 Å². The van der Waals surface area contributed by atoms with Crippen LogP contribution in [0.3, 0.4) is 0 Å². The minimum absolute atomic E-state index is 0.0524. The summed E-state index contributed by atoms with van der Waals surface area (Å²) >= 11 is 0. The minimum Gasteiger partial charge on any atom is -0.447 e. The van der Waals surface area contributed by atoms with Crippen molar-refractivity contribution in [1.82, 2.24) is 0 Å². The number of hydrogen-bond donors (Lipinski definition) is 0. The largest absolute Gasteiger partial charge is 0.447 e. The highest BCUT2D eigenvalue weighted by atomic mass is 32.2. The van der Waals surface area contributed by atoms with Gasteiger partial charge in [0.25, 0.3) is 0 Å². The second-order valence-corrected chi connectivity index (χ2v) is 6.78. The van der Waals surface area contributed by atoms with Gasteiger partial charge in [-0.05, 0) is 36.8 Å². The van der Waals surface area contributed by atoms with Crippen molar-refractivity contribution < 1.29 is 4.74 Å². The predicted molar refractivity (Wildman–Crippen MR) is 85.4 cm³/mol. The Labute approximate surface area is 122 Å². The molecule has 2 aromatic rings. The first kappa shape index (κ1) is 13.1. The molecule has 1 nitrogen and oxygen atoms in total. The van der Waals surface area contributed by atoms with E-state index in [1.807, 2.05) is 30.3 Å². The molecule has 0 atom stereocenters. The van der Waals surface area contributed by atoms with E-state index in [1.54, 1.807) is 0 Å². The lowest BCUT2D eigenvalue weighted by atomic mass is 10.3. The summed E-state index contributed by atoms with van der Waals surface area (Å²) < 4.78 is 6.02. The number of rotatable bonds is 3. The second kappa shape index (κ2) is 5.59. The molecule has 0 spiro atoms. The molecule has 0 fully saturated rings. The molecule has 0 saturated carbocycles. The first-order valence-electron chi connectivity index (χ1n) is 6.69. The normalized spacial score (nSPS) is 14.2. The van der Waals surface area contributed by atoms with E-state index in [-0.39, 0.29) is 10.9 Å². The monoisotopic (exact) mass is 281 g/mol. The molecule has 0 bridgehead atoms. The van der Waals surface area contributed by atoms with Gasteiger partial charge in [-0.2, -0.15) is 0 Å². The Bertz CT molecular complexity index is 627. The highest BCUT2D eigenvalue weighted by Crippen LogP contribution is 2.46. The zero-order valence-corrected chi connectivity index (χ0v) is 12.3. The third-order valence-corrected chi connectivity index (χ3v) is 5.62. The van der Waals surface area contributed by atoms with Crippen molar-refractivity contribution in [1.29, 1.82) is 0 Å². The zero-order valence-electron chi connectivity index (χ0n) is 11.5. The van der Waals surface area contributed by atoms with Gasteiger partial charge in [0, 0.05) is 6.92 Å². The molecule has 0 saturated heterocycles. The highest BCUT2D eigenvalue weighted by molar-refractivity contribution is 8.00. The summed E-state index contributed by atoms with van der Waals surface area (Å²) in [6.45, 7) is 6.00. The maximum absolute atomic E-state index is 6.02.